The quantitative estimate of drug-likeness (QED) is 0.288. The molecule has 1 aliphatic rings. The summed E-state index contributed by atoms with van der Waals surface area (Å²) < 4.78 is 6.23. The fraction of sp³-hybridized carbons (Fsp3) is 0.222. The first-order valence-electron chi connectivity index (χ1n) is 12.2. The molecule has 7 rings (SSSR count). The van der Waals surface area contributed by atoms with Gasteiger partial charge in [0.05, 0.1) is 35.2 Å². The number of thiophene rings is 1. The van der Waals surface area contributed by atoms with Crippen LogP contribution < -0.4 is 4.74 Å². The fourth-order valence-corrected chi connectivity index (χ4v) is 5.62. The molecular formula is C27H23N7OS. The number of hydrogen-bond donors (Lipinski definition) is 2. The van der Waals surface area contributed by atoms with Crippen LogP contribution >= 0.6 is 11.3 Å². The number of pyridine rings is 3. The molecule has 6 aromatic heterocycles. The van der Waals surface area contributed by atoms with E-state index in [1.807, 2.05) is 36.7 Å². The number of rotatable bonds is 5. The molecule has 1 saturated carbocycles. The van der Waals surface area contributed by atoms with Crippen LogP contribution in [0.5, 0.6) is 5.75 Å². The molecule has 0 saturated heterocycles. The first kappa shape index (κ1) is 21.2. The Hall–Kier alpha value is -4.11. The number of fused-ring (bicyclic) bond motifs is 2. The Morgan fingerprint density at radius 1 is 0.889 bits per heavy atom. The van der Waals surface area contributed by atoms with Gasteiger partial charge >= 0.3 is 0 Å². The second-order valence-corrected chi connectivity index (χ2v) is 10.0. The van der Waals surface area contributed by atoms with Crippen LogP contribution in [0.4, 0.5) is 0 Å². The molecule has 2 N–H and O–H groups in total. The molecule has 8 nitrogen and oxygen atoms in total. The topological polar surface area (TPSA) is 105 Å². The Labute approximate surface area is 210 Å². The van der Waals surface area contributed by atoms with Gasteiger partial charge in [-0.2, -0.15) is 5.10 Å². The van der Waals surface area contributed by atoms with Gasteiger partial charge < -0.3 is 9.72 Å². The maximum atomic E-state index is 6.23. The van der Waals surface area contributed by atoms with Crippen molar-refractivity contribution in [3.05, 3.63) is 60.5 Å². The predicted octanol–water partition coefficient (Wildman–Crippen LogP) is 6.40. The van der Waals surface area contributed by atoms with Gasteiger partial charge in [0, 0.05) is 28.4 Å². The summed E-state index contributed by atoms with van der Waals surface area (Å²) in [5.74, 6) is 1.44. The van der Waals surface area contributed by atoms with E-state index >= 15 is 0 Å². The number of hydrogen-bond acceptors (Lipinski definition) is 7. The van der Waals surface area contributed by atoms with E-state index in [9.17, 15) is 0 Å². The van der Waals surface area contributed by atoms with Crippen LogP contribution in [0.15, 0.2) is 60.5 Å². The Bertz CT molecular complexity index is 1660. The fourth-order valence-electron chi connectivity index (χ4n) is 4.88. The molecule has 0 unspecified atom stereocenters. The van der Waals surface area contributed by atoms with Crippen molar-refractivity contribution in [3.63, 3.8) is 0 Å². The van der Waals surface area contributed by atoms with E-state index in [2.05, 4.69) is 36.6 Å². The van der Waals surface area contributed by atoms with Gasteiger partial charge in [-0.05, 0) is 55.3 Å². The average Bonchev–Trinajstić information content (AvgIpc) is 3.68. The maximum Gasteiger partial charge on any atom is 0.161 e. The van der Waals surface area contributed by atoms with Crippen molar-refractivity contribution in [2.75, 3.05) is 0 Å². The van der Waals surface area contributed by atoms with E-state index in [1.54, 1.807) is 23.7 Å². The Kier molecular flexibility index (Phi) is 5.20. The van der Waals surface area contributed by atoms with Crippen molar-refractivity contribution in [1.82, 2.24) is 35.1 Å². The van der Waals surface area contributed by atoms with Gasteiger partial charge in [-0.3, -0.25) is 15.1 Å². The summed E-state index contributed by atoms with van der Waals surface area (Å²) in [6.45, 7) is 0. The Morgan fingerprint density at radius 3 is 2.69 bits per heavy atom. The number of imidazole rings is 1. The minimum Gasteiger partial charge on any atom is -0.489 e. The van der Waals surface area contributed by atoms with E-state index in [4.69, 9.17) is 14.7 Å². The van der Waals surface area contributed by atoms with E-state index in [0.29, 0.717) is 11.5 Å². The van der Waals surface area contributed by atoms with Gasteiger partial charge in [-0.1, -0.05) is 12.5 Å². The second-order valence-electron chi connectivity index (χ2n) is 9.10. The molecule has 0 aromatic carbocycles. The standard InChI is InChI=1S/C27H23N7OS/c1-2-5-17(6-3-1)35-18-11-16(12-28-13-18)20-8-9-21-25(30-20)26(34-33-21)27-31-22-15-29-14-19(24(22)32-27)23-7-4-10-36-23/h4,7-15,17H,1-3,5-6H2,(H,31,32)(H,33,34). The van der Waals surface area contributed by atoms with Crippen molar-refractivity contribution in [3.8, 4) is 39.0 Å². The molecule has 1 fully saturated rings. The third-order valence-electron chi connectivity index (χ3n) is 6.68. The Morgan fingerprint density at radius 2 is 1.81 bits per heavy atom. The lowest BCUT2D eigenvalue weighted by atomic mass is 9.98. The molecule has 1 aliphatic carbocycles. The van der Waals surface area contributed by atoms with Crippen molar-refractivity contribution in [2.45, 2.75) is 38.2 Å². The van der Waals surface area contributed by atoms with Crippen LogP contribution in [-0.4, -0.2) is 41.2 Å². The smallest absolute Gasteiger partial charge is 0.161 e. The summed E-state index contributed by atoms with van der Waals surface area (Å²) in [5, 5.41) is 9.69. The summed E-state index contributed by atoms with van der Waals surface area (Å²) in [7, 11) is 0. The first-order valence-corrected chi connectivity index (χ1v) is 13.0. The molecule has 0 atom stereocenters. The van der Waals surface area contributed by atoms with Crippen LogP contribution in [-0.2, 0) is 0 Å². The van der Waals surface area contributed by atoms with Crippen molar-refractivity contribution in [2.24, 2.45) is 0 Å². The zero-order valence-electron chi connectivity index (χ0n) is 19.4. The van der Waals surface area contributed by atoms with Crippen LogP contribution in [0.1, 0.15) is 32.1 Å². The summed E-state index contributed by atoms with van der Waals surface area (Å²) in [6, 6.07) is 10.1. The normalized spacial score (nSPS) is 14.6. The van der Waals surface area contributed by atoms with Crippen LogP contribution in [0.3, 0.4) is 0 Å². The molecule has 9 heteroatoms. The van der Waals surface area contributed by atoms with E-state index < -0.39 is 0 Å². The number of nitrogens with zero attached hydrogens (tertiary/aromatic N) is 5. The van der Waals surface area contributed by atoms with Crippen molar-refractivity contribution in [1.29, 1.82) is 0 Å². The molecule has 6 aromatic rings. The van der Waals surface area contributed by atoms with Gasteiger partial charge in [0.1, 0.15) is 16.8 Å². The van der Waals surface area contributed by atoms with Gasteiger partial charge in [-0.15, -0.1) is 11.3 Å². The van der Waals surface area contributed by atoms with Crippen LogP contribution in [0, 0.1) is 0 Å². The van der Waals surface area contributed by atoms with Gasteiger partial charge in [0.15, 0.2) is 11.5 Å². The van der Waals surface area contributed by atoms with Gasteiger partial charge in [0.2, 0.25) is 0 Å². The zero-order valence-corrected chi connectivity index (χ0v) is 20.3. The highest BCUT2D eigenvalue weighted by Gasteiger charge is 2.18. The number of nitrogens with one attached hydrogen (secondary N) is 2. The SMILES string of the molecule is c1csc(-c2cncc3[nH]c(-c4n[nH]c5ccc(-c6cncc(OC7CCCCC7)c6)nc45)nc23)c1. The molecule has 6 heterocycles. The molecule has 0 amide bonds. The third kappa shape index (κ3) is 3.81. The molecule has 0 spiro atoms. The van der Waals surface area contributed by atoms with E-state index in [1.165, 1.54) is 19.3 Å². The summed E-state index contributed by atoms with van der Waals surface area (Å²) >= 11 is 1.67. The van der Waals surface area contributed by atoms with Crippen LogP contribution in [0.2, 0.25) is 0 Å². The molecular weight excluding hydrogens is 470 g/mol. The highest BCUT2D eigenvalue weighted by molar-refractivity contribution is 7.13. The number of aromatic nitrogens is 7. The number of aromatic amines is 2. The van der Waals surface area contributed by atoms with Crippen molar-refractivity contribution >= 4 is 33.4 Å². The number of ether oxygens (including phenoxy) is 1. The summed E-state index contributed by atoms with van der Waals surface area (Å²) in [6.07, 6.45) is 13.5. The average molecular weight is 494 g/mol. The van der Waals surface area contributed by atoms with Crippen LogP contribution in [0.25, 0.3) is 55.3 Å². The molecule has 0 radical (unpaired) electrons. The first-order chi connectivity index (χ1) is 17.8. The zero-order chi connectivity index (χ0) is 23.9. The Balaban J connectivity index is 1.26. The van der Waals surface area contributed by atoms with Gasteiger partial charge in [0.25, 0.3) is 0 Å². The predicted molar refractivity (Wildman–Crippen MR) is 141 cm³/mol. The highest BCUT2D eigenvalue weighted by Crippen LogP contribution is 2.33. The lowest BCUT2D eigenvalue weighted by Gasteiger charge is -2.22. The molecule has 178 valence electrons. The second kappa shape index (κ2) is 8.83. The number of H-pyrrole nitrogens is 2. The molecule has 0 bridgehead atoms. The van der Waals surface area contributed by atoms with E-state index in [0.717, 1.165) is 62.4 Å². The maximum absolute atomic E-state index is 6.23. The van der Waals surface area contributed by atoms with Gasteiger partial charge in [-0.25, -0.2) is 9.97 Å². The minimum absolute atomic E-state index is 0.272. The monoisotopic (exact) mass is 493 g/mol. The van der Waals surface area contributed by atoms with Crippen molar-refractivity contribution < 1.29 is 4.74 Å². The summed E-state index contributed by atoms with van der Waals surface area (Å²) in [4.78, 5) is 23.2. The highest BCUT2D eigenvalue weighted by atomic mass is 32.1. The summed E-state index contributed by atoms with van der Waals surface area (Å²) in [5.41, 5.74) is 6.70. The molecule has 36 heavy (non-hydrogen) atoms. The van der Waals surface area contributed by atoms with E-state index in [-0.39, 0.29) is 6.10 Å². The largest absolute Gasteiger partial charge is 0.489 e. The lowest BCUT2D eigenvalue weighted by molar-refractivity contribution is 0.154. The third-order valence-corrected chi connectivity index (χ3v) is 7.58. The molecule has 0 aliphatic heterocycles. The minimum atomic E-state index is 0.272. The lowest BCUT2D eigenvalue weighted by Crippen LogP contribution is -2.19.